The molecule has 2 N–H and O–H groups in total. The Morgan fingerprint density at radius 2 is 2.05 bits per heavy atom. The van der Waals surface area contributed by atoms with E-state index in [0.717, 1.165) is 32.0 Å². The van der Waals surface area contributed by atoms with Crippen LogP contribution in [-0.2, 0) is 13.0 Å². The molecule has 2 rings (SSSR count). The van der Waals surface area contributed by atoms with Crippen molar-refractivity contribution in [1.29, 1.82) is 0 Å². The van der Waals surface area contributed by atoms with Crippen LogP contribution in [-0.4, -0.2) is 44.6 Å². The minimum absolute atomic E-state index is 0. The van der Waals surface area contributed by atoms with Crippen molar-refractivity contribution < 1.29 is 0 Å². The molecule has 5 heteroatoms. The lowest BCUT2D eigenvalue weighted by atomic mass is 10.00. The summed E-state index contributed by atoms with van der Waals surface area (Å²) in [4.78, 5) is 6.64. The monoisotopic (exact) mass is 388 g/mol. The number of nitrogens with one attached hydrogen (secondary N) is 2. The molecule has 0 fully saturated rings. The third kappa shape index (κ3) is 4.94. The van der Waals surface area contributed by atoms with Gasteiger partial charge in [-0.25, -0.2) is 0 Å². The molecule has 112 valence electrons. The fourth-order valence-corrected chi connectivity index (χ4v) is 2.53. The van der Waals surface area contributed by atoms with Gasteiger partial charge in [-0.1, -0.05) is 24.3 Å². The van der Waals surface area contributed by atoms with Gasteiger partial charge >= 0.3 is 0 Å². The van der Waals surface area contributed by atoms with Gasteiger partial charge in [-0.05, 0) is 24.0 Å². The van der Waals surface area contributed by atoms with Crippen LogP contribution in [0.25, 0.3) is 0 Å². The van der Waals surface area contributed by atoms with E-state index in [1.165, 1.54) is 24.1 Å². The van der Waals surface area contributed by atoms with Crippen LogP contribution in [0, 0.1) is 0 Å². The second-order valence-electron chi connectivity index (χ2n) is 4.90. The minimum atomic E-state index is 0. The first kappa shape index (κ1) is 17.2. The van der Waals surface area contributed by atoms with Crippen molar-refractivity contribution in [3.8, 4) is 0 Å². The molecule has 4 nitrogen and oxygen atoms in total. The van der Waals surface area contributed by atoms with Gasteiger partial charge in [0.05, 0.1) is 0 Å². The number of hydrogen-bond donors (Lipinski definition) is 2. The van der Waals surface area contributed by atoms with Gasteiger partial charge in [0.2, 0.25) is 0 Å². The smallest absolute Gasteiger partial charge is 0.190 e. The van der Waals surface area contributed by atoms with E-state index in [1.54, 1.807) is 7.05 Å². The molecule has 0 spiro atoms. The average Bonchev–Trinajstić information content (AvgIpc) is 2.47. The zero-order valence-electron chi connectivity index (χ0n) is 12.4. The number of aliphatic imine (C=N–C) groups is 1. The molecule has 0 aromatic heterocycles. The Morgan fingerprint density at radius 1 is 1.30 bits per heavy atom. The van der Waals surface area contributed by atoms with E-state index < -0.39 is 0 Å². The number of halogens is 1. The van der Waals surface area contributed by atoms with Crippen LogP contribution in [0.2, 0.25) is 0 Å². The Kier molecular flexibility index (Phi) is 7.91. The Bertz CT molecular complexity index is 434. The Hall–Kier alpha value is -0.820. The van der Waals surface area contributed by atoms with Crippen LogP contribution in [0.1, 0.15) is 17.5 Å². The summed E-state index contributed by atoms with van der Waals surface area (Å²) in [5.41, 5.74) is 3.01. The maximum absolute atomic E-state index is 4.10. The van der Waals surface area contributed by atoms with E-state index in [4.69, 9.17) is 0 Å². The highest BCUT2D eigenvalue weighted by molar-refractivity contribution is 14.0. The summed E-state index contributed by atoms with van der Waals surface area (Å²) in [6.45, 7) is 4.38. The Balaban J connectivity index is 0.00000200. The van der Waals surface area contributed by atoms with Gasteiger partial charge in [0.1, 0.15) is 0 Å². The van der Waals surface area contributed by atoms with Gasteiger partial charge in [0, 0.05) is 40.3 Å². The van der Waals surface area contributed by atoms with Crippen LogP contribution in [0.3, 0.4) is 0 Å². The molecule has 1 aromatic rings. The third-order valence-electron chi connectivity index (χ3n) is 3.61. The summed E-state index contributed by atoms with van der Waals surface area (Å²) in [6.07, 6.45) is 2.32. The predicted molar refractivity (Wildman–Crippen MR) is 95.9 cm³/mol. The van der Waals surface area contributed by atoms with Crippen LogP contribution in [0.5, 0.6) is 0 Å². The van der Waals surface area contributed by atoms with Gasteiger partial charge < -0.3 is 10.6 Å². The fourth-order valence-electron chi connectivity index (χ4n) is 2.53. The van der Waals surface area contributed by atoms with Crippen molar-refractivity contribution in [2.75, 3.05) is 33.7 Å². The van der Waals surface area contributed by atoms with Crippen molar-refractivity contribution in [2.45, 2.75) is 19.4 Å². The lowest BCUT2D eigenvalue weighted by Crippen LogP contribution is -2.37. The van der Waals surface area contributed by atoms with E-state index in [1.807, 2.05) is 7.05 Å². The van der Waals surface area contributed by atoms with Gasteiger partial charge in [0.25, 0.3) is 0 Å². The highest BCUT2D eigenvalue weighted by atomic mass is 127. The molecule has 1 aliphatic heterocycles. The van der Waals surface area contributed by atoms with Crippen molar-refractivity contribution in [1.82, 2.24) is 15.5 Å². The first-order chi connectivity index (χ1) is 9.33. The first-order valence-corrected chi connectivity index (χ1v) is 7.01. The molecule has 0 aliphatic carbocycles. The summed E-state index contributed by atoms with van der Waals surface area (Å²) < 4.78 is 0. The zero-order valence-corrected chi connectivity index (χ0v) is 14.7. The number of rotatable bonds is 4. The molecule has 1 aromatic carbocycles. The summed E-state index contributed by atoms with van der Waals surface area (Å²) >= 11 is 0. The van der Waals surface area contributed by atoms with Gasteiger partial charge in [-0.15, -0.1) is 24.0 Å². The topological polar surface area (TPSA) is 39.7 Å². The summed E-state index contributed by atoms with van der Waals surface area (Å²) in [5, 5.41) is 6.32. The van der Waals surface area contributed by atoms with Crippen LogP contribution < -0.4 is 10.6 Å². The second-order valence-corrected chi connectivity index (χ2v) is 4.90. The molecular formula is C15H25IN4. The Labute approximate surface area is 139 Å². The van der Waals surface area contributed by atoms with Gasteiger partial charge in [0.15, 0.2) is 5.96 Å². The molecule has 1 heterocycles. The number of guanidine groups is 1. The maximum Gasteiger partial charge on any atom is 0.190 e. The van der Waals surface area contributed by atoms with Crippen molar-refractivity contribution >= 4 is 29.9 Å². The first-order valence-electron chi connectivity index (χ1n) is 7.01. The summed E-state index contributed by atoms with van der Waals surface area (Å²) in [5.74, 6) is 0.865. The molecule has 0 atom stereocenters. The number of fused-ring (bicyclic) bond motifs is 1. The van der Waals surface area contributed by atoms with E-state index in [2.05, 4.69) is 44.8 Å². The quantitative estimate of drug-likeness (QED) is 0.358. The Morgan fingerprint density at radius 3 is 2.75 bits per heavy atom. The molecule has 0 amide bonds. The highest BCUT2D eigenvalue weighted by Gasteiger charge is 2.14. The second kappa shape index (κ2) is 9.18. The zero-order chi connectivity index (χ0) is 13.5. The maximum atomic E-state index is 4.10. The van der Waals surface area contributed by atoms with Crippen LogP contribution in [0.15, 0.2) is 29.3 Å². The number of hydrogen-bond acceptors (Lipinski definition) is 2. The van der Waals surface area contributed by atoms with Crippen molar-refractivity contribution in [3.63, 3.8) is 0 Å². The highest BCUT2D eigenvalue weighted by Crippen LogP contribution is 2.18. The van der Waals surface area contributed by atoms with E-state index >= 15 is 0 Å². The van der Waals surface area contributed by atoms with Crippen molar-refractivity contribution in [3.05, 3.63) is 35.4 Å². The van der Waals surface area contributed by atoms with E-state index in [9.17, 15) is 0 Å². The lowest BCUT2D eigenvalue weighted by Gasteiger charge is -2.28. The SMILES string of the molecule is CN=C(NC)NCCCN1CCc2ccccc2C1.I. The molecule has 20 heavy (non-hydrogen) atoms. The van der Waals surface area contributed by atoms with Gasteiger partial charge in [-0.3, -0.25) is 9.89 Å². The average molecular weight is 388 g/mol. The molecule has 1 aliphatic rings. The lowest BCUT2D eigenvalue weighted by molar-refractivity contribution is 0.251. The molecule has 0 unspecified atom stereocenters. The van der Waals surface area contributed by atoms with Crippen molar-refractivity contribution in [2.24, 2.45) is 4.99 Å². The number of benzene rings is 1. The van der Waals surface area contributed by atoms with Crippen LogP contribution >= 0.6 is 24.0 Å². The van der Waals surface area contributed by atoms with Crippen LogP contribution in [0.4, 0.5) is 0 Å². The molecule has 0 radical (unpaired) electrons. The third-order valence-corrected chi connectivity index (χ3v) is 3.61. The van der Waals surface area contributed by atoms with Gasteiger partial charge in [-0.2, -0.15) is 0 Å². The van der Waals surface area contributed by atoms with E-state index in [-0.39, 0.29) is 24.0 Å². The molecule has 0 saturated heterocycles. The predicted octanol–water partition coefficient (Wildman–Crippen LogP) is 1.85. The number of nitrogens with zero attached hydrogens (tertiary/aromatic N) is 2. The summed E-state index contributed by atoms with van der Waals surface area (Å²) in [6, 6.07) is 8.79. The normalized spacial score (nSPS) is 15.2. The van der Waals surface area contributed by atoms with E-state index in [0.29, 0.717) is 0 Å². The largest absolute Gasteiger partial charge is 0.359 e. The molecule has 0 saturated carbocycles. The summed E-state index contributed by atoms with van der Waals surface area (Å²) in [7, 11) is 3.68. The minimum Gasteiger partial charge on any atom is -0.359 e. The molecule has 0 bridgehead atoms. The fraction of sp³-hybridized carbons (Fsp3) is 0.533. The molecular weight excluding hydrogens is 363 g/mol. The standard InChI is InChI=1S/C15H24N4.HI/c1-16-15(17-2)18-9-5-10-19-11-8-13-6-3-4-7-14(13)12-19;/h3-4,6-7H,5,8-12H2,1-2H3,(H2,16,17,18);1H.